The average Bonchev–Trinajstić information content (AvgIpc) is 2.82. The van der Waals surface area contributed by atoms with Crippen LogP contribution in [0.3, 0.4) is 0 Å². The zero-order chi connectivity index (χ0) is 25.6. The zero-order valence-corrected chi connectivity index (χ0v) is 18.8. The number of carboxylic acids is 1. The van der Waals surface area contributed by atoms with E-state index in [2.05, 4.69) is 16.2 Å². The molecule has 180 valence electrons. The van der Waals surface area contributed by atoms with E-state index < -0.39 is 17.8 Å². The second-order valence-corrected chi connectivity index (χ2v) is 7.62. The molecule has 0 atom stereocenters. The molecular formula is C25H18ClF3N2O4. The van der Waals surface area contributed by atoms with Crippen molar-refractivity contribution in [2.45, 2.75) is 12.6 Å². The molecule has 0 saturated heterocycles. The Morgan fingerprint density at radius 2 is 1.89 bits per heavy atom. The van der Waals surface area contributed by atoms with Gasteiger partial charge in [0.05, 0.1) is 25.3 Å². The summed E-state index contributed by atoms with van der Waals surface area (Å²) in [5, 5.41) is 11.9. The highest BCUT2D eigenvalue weighted by molar-refractivity contribution is 6.33. The van der Waals surface area contributed by atoms with Crippen LogP contribution in [0.2, 0.25) is 5.02 Å². The smallest absolute Gasteiger partial charge is 0.433 e. The fraction of sp³-hybridized carbons (Fsp3) is 0.160. The van der Waals surface area contributed by atoms with Gasteiger partial charge in [-0.3, -0.25) is 14.6 Å². The molecule has 1 heterocycles. The Morgan fingerprint density at radius 3 is 2.57 bits per heavy atom. The minimum Gasteiger partial charge on any atom is -0.491 e. The van der Waals surface area contributed by atoms with Gasteiger partial charge < -0.3 is 15.2 Å². The molecule has 0 aliphatic rings. The quantitative estimate of drug-likeness (QED) is 0.294. The lowest BCUT2D eigenvalue weighted by Crippen LogP contribution is -2.15. The number of hydrogen-bond donors (Lipinski definition) is 2. The Kier molecular flexibility index (Phi) is 7.99. The van der Waals surface area contributed by atoms with E-state index in [-0.39, 0.29) is 52.6 Å². The summed E-state index contributed by atoms with van der Waals surface area (Å²) in [6, 6.07) is 11.8. The van der Waals surface area contributed by atoms with Gasteiger partial charge in [0.25, 0.3) is 0 Å². The van der Waals surface area contributed by atoms with Crippen molar-refractivity contribution in [2.75, 3.05) is 18.5 Å². The van der Waals surface area contributed by atoms with Gasteiger partial charge in [-0.25, -0.2) is 0 Å². The molecule has 1 aromatic heterocycles. The maximum atomic E-state index is 13.0. The Bertz CT molecular complexity index is 1300. The number of halogens is 4. The number of anilines is 1. The lowest BCUT2D eigenvalue weighted by Gasteiger charge is -2.14. The van der Waals surface area contributed by atoms with E-state index in [0.717, 1.165) is 12.3 Å². The minimum atomic E-state index is -4.66. The number of ketones is 1. The fourth-order valence-corrected chi connectivity index (χ4v) is 3.33. The monoisotopic (exact) mass is 502 g/mol. The van der Waals surface area contributed by atoms with E-state index in [4.69, 9.17) is 27.9 Å². The van der Waals surface area contributed by atoms with Crippen LogP contribution in [-0.2, 0) is 11.0 Å². The van der Waals surface area contributed by atoms with Crippen LogP contribution in [0.1, 0.15) is 28.0 Å². The van der Waals surface area contributed by atoms with Crippen molar-refractivity contribution in [2.24, 2.45) is 0 Å². The molecule has 0 fully saturated rings. The topological polar surface area (TPSA) is 88.5 Å². The third kappa shape index (κ3) is 6.52. The highest BCUT2D eigenvalue weighted by Gasteiger charge is 2.33. The standard InChI is InChI=1S/C25H18ClF3N2O4/c1-2-15-12-23(25(27,28)29)31-13-18(15)17-11-16(7-8-19(17)26)21(32)14-30-20-5-3-4-6-22(20)35-10-9-24(33)34/h1,3-8,11-13,30H,9-10,14H2,(H,33,34). The third-order valence-corrected chi connectivity index (χ3v) is 5.16. The Morgan fingerprint density at radius 1 is 1.14 bits per heavy atom. The lowest BCUT2D eigenvalue weighted by molar-refractivity contribution is -0.141. The molecule has 0 unspecified atom stereocenters. The van der Waals surface area contributed by atoms with Crippen LogP contribution in [0.25, 0.3) is 11.1 Å². The summed E-state index contributed by atoms with van der Waals surface area (Å²) < 4.78 is 44.5. The van der Waals surface area contributed by atoms with Gasteiger partial charge in [0.2, 0.25) is 0 Å². The highest BCUT2D eigenvalue weighted by Crippen LogP contribution is 2.34. The van der Waals surface area contributed by atoms with Crippen LogP contribution in [0.4, 0.5) is 18.9 Å². The van der Waals surface area contributed by atoms with Crippen LogP contribution >= 0.6 is 11.6 Å². The number of nitrogens with zero attached hydrogens (tertiary/aromatic N) is 1. The number of benzene rings is 2. The molecule has 2 N–H and O–H groups in total. The molecule has 3 rings (SSSR count). The second-order valence-electron chi connectivity index (χ2n) is 7.22. The molecule has 0 radical (unpaired) electrons. The normalized spacial score (nSPS) is 10.9. The average molecular weight is 503 g/mol. The number of terminal acetylenes is 1. The van der Waals surface area contributed by atoms with Crippen LogP contribution in [0, 0.1) is 12.3 Å². The molecule has 0 aliphatic heterocycles. The molecule has 6 nitrogen and oxygen atoms in total. The molecule has 0 bridgehead atoms. The molecule has 3 aromatic rings. The van der Waals surface area contributed by atoms with Gasteiger partial charge in [0.15, 0.2) is 5.78 Å². The van der Waals surface area contributed by atoms with Crippen molar-refractivity contribution in [1.82, 2.24) is 4.98 Å². The van der Waals surface area contributed by atoms with Crippen LogP contribution < -0.4 is 10.1 Å². The Hall–Kier alpha value is -4.03. The summed E-state index contributed by atoms with van der Waals surface area (Å²) in [5.41, 5.74) is -0.0178. The summed E-state index contributed by atoms with van der Waals surface area (Å²) in [6.07, 6.45) is 1.56. The van der Waals surface area contributed by atoms with E-state index in [1.165, 1.54) is 18.2 Å². The number of alkyl halides is 3. The first-order valence-corrected chi connectivity index (χ1v) is 10.5. The highest BCUT2D eigenvalue weighted by atomic mass is 35.5. The molecule has 2 aromatic carbocycles. The number of Topliss-reactive ketones (excluding diaryl/α,β-unsaturated/α-hetero) is 1. The molecule has 0 spiro atoms. The predicted octanol–water partition coefficient (Wildman–Crippen LogP) is 5.55. The number of pyridine rings is 1. The molecule has 0 saturated carbocycles. The van der Waals surface area contributed by atoms with Gasteiger partial charge in [0.1, 0.15) is 11.4 Å². The van der Waals surface area contributed by atoms with Crippen LogP contribution in [0.5, 0.6) is 5.75 Å². The number of rotatable bonds is 9. The fourth-order valence-electron chi connectivity index (χ4n) is 3.11. The summed E-state index contributed by atoms with van der Waals surface area (Å²) in [4.78, 5) is 27.0. The number of para-hydroxylation sites is 2. The third-order valence-electron chi connectivity index (χ3n) is 4.83. The number of carbonyl (C=O) groups is 2. The van der Waals surface area contributed by atoms with E-state index in [1.54, 1.807) is 24.3 Å². The summed E-state index contributed by atoms with van der Waals surface area (Å²) in [6.45, 7) is -0.186. The first-order chi connectivity index (χ1) is 16.6. The number of ether oxygens (including phenoxy) is 1. The van der Waals surface area contributed by atoms with Crippen molar-refractivity contribution in [3.8, 4) is 29.2 Å². The number of carbonyl (C=O) groups excluding carboxylic acids is 1. The largest absolute Gasteiger partial charge is 0.491 e. The van der Waals surface area contributed by atoms with Gasteiger partial charge in [-0.1, -0.05) is 29.7 Å². The van der Waals surface area contributed by atoms with E-state index in [9.17, 15) is 22.8 Å². The number of carboxylic acid groups (broad SMARTS) is 1. The molecule has 0 amide bonds. The van der Waals surface area contributed by atoms with Crippen molar-refractivity contribution >= 4 is 29.0 Å². The number of aromatic nitrogens is 1. The number of hydrogen-bond acceptors (Lipinski definition) is 5. The first kappa shape index (κ1) is 25.6. The molecular weight excluding hydrogens is 485 g/mol. The van der Waals surface area contributed by atoms with E-state index >= 15 is 0 Å². The maximum Gasteiger partial charge on any atom is 0.433 e. The zero-order valence-electron chi connectivity index (χ0n) is 18.0. The van der Waals surface area contributed by atoms with Crippen molar-refractivity contribution < 1.29 is 32.6 Å². The van der Waals surface area contributed by atoms with Gasteiger partial charge in [-0.05, 0) is 36.4 Å². The maximum absolute atomic E-state index is 13.0. The van der Waals surface area contributed by atoms with Crippen molar-refractivity contribution in [3.63, 3.8) is 0 Å². The van der Waals surface area contributed by atoms with Gasteiger partial charge in [-0.15, -0.1) is 6.42 Å². The minimum absolute atomic E-state index is 0.0405. The van der Waals surface area contributed by atoms with Crippen molar-refractivity contribution in [3.05, 3.63) is 76.6 Å². The van der Waals surface area contributed by atoms with Crippen molar-refractivity contribution in [1.29, 1.82) is 0 Å². The van der Waals surface area contributed by atoms with Gasteiger partial charge >= 0.3 is 12.1 Å². The molecule has 10 heteroatoms. The summed E-state index contributed by atoms with van der Waals surface area (Å²) in [7, 11) is 0. The SMILES string of the molecule is C#Cc1cc(C(F)(F)F)ncc1-c1cc(C(=O)CNc2ccccc2OCCC(=O)O)ccc1Cl. The van der Waals surface area contributed by atoms with E-state index in [0.29, 0.717) is 11.4 Å². The Labute approximate surface area is 203 Å². The second kappa shape index (κ2) is 10.9. The predicted molar refractivity (Wildman–Crippen MR) is 125 cm³/mol. The first-order valence-electron chi connectivity index (χ1n) is 10.1. The van der Waals surface area contributed by atoms with Gasteiger partial charge in [-0.2, -0.15) is 13.2 Å². The number of aliphatic carboxylic acids is 1. The lowest BCUT2D eigenvalue weighted by atomic mass is 9.98. The number of nitrogens with one attached hydrogen (secondary N) is 1. The molecule has 0 aliphatic carbocycles. The van der Waals surface area contributed by atoms with Crippen LogP contribution in [-0.4, -0.2) is 35.0 Å². The Balaban J connectivity index is 1.81. The molecule has 35 heavy (non-hydrogen) atoms. The van der Waals surface area contributed by atoms with Crippen LogP contribution in [0.15, 0.2) is 54.7 Å². The van der Waals surface area contributed by atoms with E-state index in [1.807, 2.05) is 0 Å². The van der Waals surface area contributed by atoms with Gasteiger partial charge in [0, 0.05) is 33.5 Å². The summed E-state index contributed by atoms with van der Waals surface area (Å²) >= 11 is 6.25. The summed E-state index contributed by atoms with van der Waals surface area (Å²) in [5.74, 6) is 1.25.